The van der Waals surface area contributed by atoms with Crippen LogP contribution in [-0.4, -0.2) is 60.2 Å². The number of aromatic nitrogens is 2. The third-order valence-corrected chi connectivity index (χ3v) is 7.09. The van der Waals surface area contributed by atoms with E-state index in [1.807, 2.05) is 32.0 Å². The number of morpholine rings is 1. The average molecular weight is 437 g/mol. The smallest absolute Gasteiger partial charge is 0.272 e. The van der Waals surface area contributed by atoms with Gasteiger partial charge in [-0.1, -0.05) is 29.0 Å². The fourth-order valence-corrected chi connectivity index (χ4v) is 5.38. The lowest BCUT2D eigenvalue weighted by Gasteiger charge is -2.29. The van der Waals surface area contributed by atoms with Gasteiger partial charge in [0.1, 0.15) is 10.4 Å². The minimum absolute atomic E-state index is 0.0495. The number of benzene rings is 1. The molecule has 0 atom stereocenters. The SMILES string of the molecule is Cc1nc(C)c(C(=O)N(CCN2CCOCC2)c2nc3c(Cl)cccc3s2)s1. The Morgan fingerprint density at radius 1 is 1.25 bits per heavy atom. The first-order chi connectivity index (χ1) is 13.5. The number of rotatable bonds is 5. The van der Waals surface area contributed by atoms with Crippen molar-refractivity contribution in [2.75, 3.05) is 44.3 Å². The van der Waals surface area contributed by atoms with Crippen LogP contribution >= 0.6 is 34.3 Å². The molecule has 0 saturated carbocycles. The van der Waals surface area contributed by atoms with Crippen molar-refractivity contribution < 1.29 is 9.53 Å². The lowest BCUT2D eigenvalue weighted by molar-refractivity contribution is 0.0391. The molecule has 6 nitrogen and oxygen atoms in total. The number of ether oxygens (including phenoxy) is 1. The van der Waals surface area contributed by atoms with Gasteiger partial charge in [0.25, 0.3) is 5.91 Å². The number of hydrogen-bond donors (Lipinski definition) is 0. The number of carbonyl (C=O) groups is 1. The summed E-state index contributed by atoms with van der Waals surface area (Å²) in [6, 6.07) is 5.71. The Morgan fingerprint density at radius 3 is 2.71 bits per heavy atom. The van der Waals surface area contributed by atoms with Crippen molar-refractivity contribution in [2.24, 2.45) is 0 Å². The fourth-order valence-electron chi connectivity index (χ4n) is 3.22. The fraction of sp³-hybridized carbons (Fsp3) is 0.421. The molecule has 28 heavy (non-hydrogen) atoms. The van der Waals surface area contributed by atoms with Gasteiger partial charge in [-0.15, -0.1) is 11.3 Å². The number of carbonyl (C=O) groups excluding carboxylic acids is 1. The molecule has 1 aliphatic rings. The van der Waals surface area contributed by atoms with Crippen LogP contribution in [-0.2, 0) is 4.74 Å². The molecule has 2 aromatic heterocycles. The molecule has 1 amide bonds. The topological polar surface area (TPSA) is 58.6 Å². The molecular formula is C19H21ClN4O2S2. The maximum Gasteiger partial charge on any atom is 0.272 e. The molecule has 1 aromatic carbocycles. The van der Waals surface area contributed by atoms with E-state index in [4.69, 9.17) is 21.3 Å². The summed E-state index contributed by atoms with van der Waals surface area (Å²) >= 11 is 9.23. The number of amides is 1. The highest BCUT2D eigenvalue weighted by molar-refractivity contribution is 7.22. The van der Waals surface area contributed by atoms with E-state index < -0.39 is 0 Å². The van der Waals surface area contributed by atoms with Crippen LogP contribution in [0.25, 0.3) is 10.2 Å². The van der Waals surface area contributed by atoms with Crippen LogP contribution in [0.5, 0.6) is 0 Å². The Kier molecular flexibility index (Phi) is 5.93. The lowest BCUT2D eigenvalue weighted by Crippen LogP contribution is -2.43. The van der Waals surface area contributed by atoms with Crippen LogP contribution in [0.3, 0.4) is 0 Å². The van der Waals surface area contributed by atoms with E-state index >= 15 is 0 Å². The molecule has 0 N–H and O–H groups in total. The summed E-state index contributed by atoms with van der Waals surface area (Å²) in [5.74, 6) is -0.0495. The van der Waals surface area contributed by atoms with Crippen molar-refractivity contribution >= 4 is 55.5 Å². The molecule has 1 saturated heterocycles. The predicted octanol–water partition coefficient (Wildman–Crippen LogP) is 4.00. The number of halogens is 1. The van der Waals surface area contributed by atoms with Gasteiger partial charge in [0.15, 0.2) is 5.13 Å². The normalized spacial score (nSPS) is 15.2. The highest BCUT2D eigenvalue weighted by atomic mass is 35.5. The summed E-state index contributed by atoms with van der Waals surface area (Å²) in [6.45, 7) is 8.37. The van der Waals surface area contributed by atoms with Crippen LogP contribution in [0.2, 0.25) is 5.02 Å². The largest absolute Gasteiger partial charge is 0.379 e. The molecule has 1 aliphatic heterocycles. The highest BCUT2D eigenvalue weighted by Crippen LogP contribution is 2.34. The van der Waals surface area contributed by atoms with Crippen molar-refractivity contribution in [3.63, 3.8) is 0 Å². The molecule has 0 unspecified atom stereocenters. The summed E-state index contributed by atoms with van der Waals surface area (Å²) in [5, 5.41) is 2.17. The van der Waals surface area contributed by atoms with Crippen LogP contribution in [0.4, 0.5) is 5.13 Å². The zero-order valence-electron chi connectivity index (χ0n) is 15.8. The van der Waals surface area contributed by atoms with Crippen molar-refractivity contribution in [1.82, 2.24) is 14.9 Å². The molecule has 4 rings (SSSR count). The van der Waals surface area contributed by atoms with E-state index in [2.05, 4.69) is 9.88 Å². The number of para-hydroxylation sites is 1. The van der Waals surface area contributed by atoms with E-state index in [-0.39, 0.29) is 5.91 Å². The zero-order valence-corrected chi connectivity index (χ0v) is 18.2. The summed E-state index contributed by atoms with van der Waals surface area (Å²) in [5.41, 5.74) is 1.51. The van der Waals surface area contributed by atoms with Crippen molar-refractivity contribution in [3.8, 4) is 0 Å². The molecule has 148 valence electrons. The summed E-state index contributed by atoms with van der Waals surface area (Å²) in [6.07, 6.45) is 0. The molecule has 3 heterocycles. The van der Waals surface area contributed by atoms with E-state index in [9.17, 15) is 4.79 Å². The van der Waals surface area contributed by atoms with Crippen LogP contribution < -0.4 is 4.90 Å². The van der Waals surface area contributed by atoms with Gasteiger partial charge in [-0.2, -0.15) is 0 Å². The standard InChI is InChI=1S/C19H21ClN4O2S2/c1-12-17(27-13(2)21-12)18(25)24(7-6-23-8-10-26-11-9-23)19-22-16-14(20)4-3-5-15(16)28-19/h3-5H,6-11H2,1-2H3. The molecule has 0 radical (unpaired) electrons. The molecule has 0 aliphatic carbocycles. The zero-order chi connectivity index (χ0) is 19.7. The molecule has 9 heteroatoms. The number of fused-ring (bicyclic) bond motifs is 1. The van der Waals surface area contributed by atoms with Gasteiger partial charge in [-0.25, -0.2) is 9.97 Å². The number of aryl methyl sites for hydroxylation is 2. The molecule has 1 fully saturated rings. The Labute approximate surface area is 176 Å². The van der Waals surface area contributed by atoms with Gasteiger partial charge in [0, 0.05) is 26.2 Å². The first-order valence-electron chi connectivity index (χ1n) is 9.14. The number of thiazole rings is 2. The second-order valence-electron chi connectivity index (χ2n) is 6.64. The average Bonchev–Trinajstić information content (AvgIpc) is 3.26. The first kappa shape index (κ1) is 19.7. The van der Waals surface area contributed by atoms with E-state index in [1.165, 1.54) is 22.7 Å². The summed E-state index contributed by atoms with van der Waals surface area (Å²) in [7, 11) is 0. The van der Waals surface area contributed by atoms with Gasteiger partial charge >= 0.3 is 0 Å². The molecular weight excluding hydrogens is 416 g/mol. The van der Waals surface area contributed by atoms with Gasteiger partial charge in [0.2, 0.25) is 0 Å². The summed E-state index contributed by atoms with van der Waals surface area (Å²) in [4.78, 5) is 27.3. The monoisotopic (exact) mass is 436 g/mol. The first-order valence-corrected chi connectivity index (χ1v) is 11.1. The van der Waals surface area contributed by atoms with E-state index in [0.717, 1.165) is 53.8 Å². The Morgan fingerprint density at radius 2 is 2.04 bits per heavy atom. The molecule has 3 aromatic rings. The van der Waals surface area contributed by atoms with Gasteiger partial charge in [-0.05, 0) is 26.0 Å². The van der Waals surface area contributed by atoms with Crippen LogP contribution in [0, 0.1) is 13.8 Å². The highest BCUT2D eigenvalue weighted by Gasteiger charge is 2.26. The third-order valence-electron chi connectivity index (χ3n) is 4.68. The quantitative estimate of drug-likeness (QED) is 0.605. The van der Waals surface area contributed by atoms with Crippen LogP contribution in [0.1, 0.15) is 20.4 Å². The second-order valence-corrected chi connectivity index (χ2v) is 9.26. The van der Waals surface area contributed by atoms with Gasteiger partial charge in [0.05, 0.1) is 33.6 Å². The lowest BCUT2D eigenvalue weighted by atomic mass is 10.3. The maximum absolute atomic E-state index is 13.4. The minimum atomic E-state index is -0.0495. The number of nitrogens with zero attached hydrogens (tertiary/aromatic N) is 4. The van der Waals surface area contributed by atoms with Gasteiger partial charge in [-0.3, -0.25) is 14.6 Å². The van der Waals surface area contributed by atoms with Crippen molar-refractivity contribution in [2.45, 2.75) is 13.8 Å². The minimum Gasteiger partial charge on any atom is -0.379 e. The number of hydrogen-bond acceptors (Lipinski definition) is 7. The second kappa shape index (κ2) is 8.42. The predicted molar refractivity (Wildman–Crippen MR) is 115 cm³/mol. The Bertz CT molecular complexity index is 997. The van der Waals surface area contributed by atoms with Crippen molar-refractivity contribution in [3.05, 3.63) is 38.8 Å². The molecule has 0 spiro atoms. The van der Waals surface area contributed by atoms with Crippen molar-refractivity contribution in [1.29, 1.82) is 0 Å². The summed E-state index contributed by atoms with van der Waals surface area (Å²) < 4.78 is 6.40. The van der Waals surface area contributed by atoms with E-state index in [0.29, 0.717) is 21.6 Å². The van der Waals surface area contributed by atoms with Crippen LogP contribution in [0.15, 0.2) is 18.2 Å². The third kappa shape index (κ3) is 4.06. The molecule has 0 bridgehead atoms. The Hall–Kier alpha value is -1.58. The van der Waals surface area contributed by atoms with Gasteiger partial charge < -0.3 is 4.74 Å². The number of anilines is 1. The Balaban J connectivity index is 1.66. The van der Waals surface area contributed by atoms with E-state index in [1.54, 1.807) is 4.90 Å². The maximum atomic E-state index is 13.4.